The average molecular weight is 305 g/mol. The first-order valence-corrected chi connectivity index (χ1v) is 7.68. The predicted octanol–water partition coefficient (Wildman–Crippen LogP) is 1.30. The predicted molar refractivity (Wildman–Crippen MR) is 77.9 cm³/mol. The molecule has 22 heavy (non-hydrogen) atoms. The molecule has 118 valence electrons. The van der Waals surface area contributed by atoms with Gasteiger partial charge in [-0.05, 0) is 6.42 Å². The van der Waals surface area contributed by atoms with Crippen LogP contribution in [-0.4, -0.2) is 37.9 Å². The molecule has 3 heterocycles. The Morgan fingerprint density at radius 3 is 2.64 bits per heavy atom. The molecule has 4 rings (SSSR count). The van der Waals surface area contributed by atoms with Gasteiger partial charge in [0, 0.05) is 42.1 Å². The van der Waals surface area contributed by atoms with Crippen molar-refractivity contribution in [3.63, 3.8) is 0 Å². The molecule has 0 aromatic heterocycles. The molecular formula is C16H19NO5. The van der Waals surface area contributed by atoms with E-state index in [1.165, 1.54) is 0 Å². The van der Waals surface area contributed by atoms with Gasteiger partial charge in [0.1, 0.15) is 5.75 Å². The minimum absolute atomic E-state index is 0.00862. The van der Waals surface area contributed by atoms with Crippen LogP contribution in [0.15, 0.2) is 0 Å². The molecule has 0 radical (unpaired) electrons. The number of carbonyl (C=O) groups is 1. The highest BCUT2D eigenvalue weighted by Crippen LogP contribution is 2.52. The monoisotopic (exact) mass is 305 g/mol. The number of hydrogen-bond donors (Lipinski definition) is 2. The number of ether oxygens (including phenoxy) is 3. The molecule has 1 aromatic carbocycles. The largest absolute Gasteiger partial charge is 0.492 e. The molecule has 0 bridgehead atoms. The lowest BCUT2D eigenvalue weighted by Crippen LogP contribution is -2.18. The second-order valence-corrected chi connectivity index (χ2v) is 5.99. The van der Waals surface area contributed by atoms with E-state index in [9.17, 15) is 9.90 Å². The number of methoxy groups -OCH3 is 1. The molecule has 1 aromatic rings. The van der Waals surface area contributed by atoms with E-state index in [0.29, 0.717) is 26.2 Å². The van der Waals surface area contributed by atoms with Crippen LogP contribution in [0.5, 0.6) is 17.2 Å². The van der Waals surface area contributed by atoms with Crippen LogP contribution in [0.2, 0.25) is 0 Å². The number of carboxylic acids is 1. The Hall–Kier alpha value is -1.95. The first kappa shape index (κ1) is 13.7. The Bertz CT molecular complexity index is 607. The van der Waals surface area contributed by atoms with Crippen molar-refractivity contribution in [2.45, 2.75) is 25.3 Å². The molecule has 0 saturated carbocycles. The van der Waals surface area contributed by atoms with Crippen LogP contribution in [0.3, 0.4) is 0 Å². The van der Waals surface area contributed by atoms with E-state index in [2.05, 4.69) is 5.32 Å². The third-order valence-corrected chi connectivity index (χ3v) is 4.83. The molecule has 1 fully saturated rings. The lowest BCUT2D eigenvalue weighted by molar-refractivity contribution is -0.141. The second-order valence-electron chi connectivity index (χ2n) is 5.99. The maximum absolute atomic E-state index is 11.2. The maximum Gasteiger partial charge on any atom is 0.307 e. The van der Waals surface area contributed by atoms with Crippen molar-refractivity contribution in [2.75, 3.05) is 26.9 Å². The van der Waals surface area contributed by atoms with Gasteiger partial charge in [-0.3, -0.25) is 4.79 Å². The lowest BCUT2D eigenvalue weighted by Gasteiger charge is -2.20. The molecule has 3 aliphatic heterocycles. The van der Waals surface area contributed by atoms with E-state index in [0.717, 1.165) is 46.8 Å². The van der Waals surface area contributed by atoms with Gasteiger partial charge in [0.05, 0.1) is 26.2 Å². The molecule has 6 nitrogen and oxygen atoms in total. The molecule has 6 heteroatoms. The summed E-state index contributed by atoms with van der Waals surface area (Å²) in [4.78, 5) is 11.2. The van der Waals surface area contributed by atoms with Crippen LogP contribution in [0.1, 0.15) is 29.2 Å². The van der Waals surface area contributed by atoms with Gasteiger partial charge < -0.3 is 24.6 Å². The summed E-state index contributed by atoms with van der Waals surface area (Å²) in [6.45, 7) is 1.77. The van der Waals surface area contributed by atoms with Gasteiger partial charge in [0.2, 0.25) is 0 Å². The van der Waals surface area contributed by atoms with Crippen LogP contribution in [0.4, 0.5) is 0 Å². The van der Waals surface area contributed by atoms with Gasteiger partial charge >= 0.3 is 5.97 Å². The fourth-order valence-electron chi connectivity index (χ4n) is 3.83. The minimum Gasteiger partial charge on any atom is -0.492 e. The smallest absolute Gasteiger partial charge is 0.307 e. The lowest BCUT2D eigenvalue weighted by atomic mass is 9.91. The summed E-state index contributed by atoms with van der Waals surface area (Å²) >= 11 is 0. The molecule has 0 amide bonds. The fourth-order valence-corrected chi connectivity index (χ4v) is 3.83. The fraction of sp³-hybridized carbons (Fsp3) is 0.562. The van der Waals surface area contributed by atoms with Gasteiger partial charge in [-0.25, -0.2) is 0 Å². The highest BCUT2D eigenvalue weighted by molar-refractivity contribution is 5.72. The number of nitrogens with one attached hydrogen (secondary N) is 1. The van der Waals surface area contributed by atoms with Gasteiger partial charge in [-0.1, -0.05) is 0 Å². The van der Waals surface area contributed by atoms with Gasteiger partial charge in [0.15, 0.2) is 11.5 Å². The molecule has 0 spiro atoms. The van der Waals surface area contributed by atoms with Crippen molar-refractivity contribution in [2.24, 2.45) is 5.92 Å². The summed E-state index contributed by atoms with van der Waals surface area (Å²) in [7, 11) is 1.66. The van der Waals surface area contributed by atoms with E-state index in [1.807, 2.05) is 0 Å². The standard InChI is InChI=1S/C16H19NO5/c1-20-14-10-3-5-21-13(10)12(9-2-4-22-15(9)14)11-6-8(7-17-11)16(18)19/h8,11,17H,2-7H2,1H3,(H,18,19). The summed E-state index contributed by atoms with van der Waals surface area (Å²) in [6.07, 6.45) is 2.20. The zero-order valence-corrected chi connectivity index (χ0v) is 12.5. The summed E-state index contributed by atoms with van der Waals surface area (Å²) < 4.78 is 17.2. The molecule has 2 N–H and O–H groups in total. The number of fused-ring (bicyclic) bond motifs is 2. The molecule has 1 saturated heterocycles. The van der Waals surface area contributed by atoms with Crippen molar-refractivity contribution < 1.29 is 24.1 Å². The Labute approximate surface area is 128 Å². The molecule has 0 aliphatic carbocycles. The summed E-state index contributed by atoms with van der Waals surface area (Å²) in [6, 6.07) is 0.00862. The van der Waals surface area contributed by atoms with E-state index in [4.69, 9.17) is 14.2 Å². The Balaban J connectivity index is 1.82. The maximum atomic E-state index is 11.2. The Morgan fingerprint density at radius 2 is 1.95 bits per heavy atom. The van der Waals surface area contributed by atoms with Gasteiger partial charge in [-0.2, -0.15) is 0 Å². The third kappa shape index (κ3) is 1.86. The number of carboxylic acid groups (broad SMARTS) is 1. The quantitative estimate of drug-likeness (QED) is 0.876. The van der Waals surface area contributed by atoms with E-state index in [1.54, 1.807) is 7.11 Å². The van der Waals surface area contributed by atoms with Gasteiger partial charge in [-0.15, -0.1) is 0 Å². The van der Waals surface area contributed by atoms with E-state index >= 15 is 0 Å². The highest BCUT2D eigenvalue weighted by Gasteiger charge is 2.39. The first-order valence-electron chi connectivity index (χ1n) is 7.68. The zero-order chi connectivity index (χ0) is 15.3. The molecule has 2 unspecified atom stereocenters. The van der Waals surface area contributed by atoms with Crippen LogP contribution >= 0.6 is 0 Å². The number of benzene rings is 1. The van der Waals surface area contributed by atoms with Crippen LogP contribution in [0.25, 0.3) is 0 Å². The zero-order valence-electron chi connectivity index (χ0n) is 12.5. The third-order valence-electron chi connectivity index (χ3n) is 4.83. The molecule has 2 atom stereocenters. The normalized spacial score (nSPS) is 25.3. The molecule has 3 aliphatic rings. The average Bonchev–Trinajstić information content (AvgIpc) is 3.23. The Kier molecular flexibility index (Phi) is 3.14. The van der Waals surface area contributed by atoms with Crippen molar-refractivity contribution in [1.82, 2.24) is 5.32 Å². The highest BCUT2D eigenvalue weighted by atomic mass is 16.5. The second kappa shape index (κ2) is 5.05. The number of hydrogen-bond acceptors (Lipinski definition) is 5. The van der Waals surface area contributed by atoms with E-state index in [-0.39, 0.29) is 12.0 Å². The van der Waals surface area contributed by atoms with Crippen LogP contribution < -0.4 is 19.5 Å². The number of rotatable bonds is 3. The van der Waals surface area contributed by atoms with Crippen LogP contribution in [0, 0.1) is 5.92 Å². The number of aliphatic carboxylic acids is 1. The Morgan fingerprint density at radius 1 is 1.23 bits per heavy atom. The molecular weight excluding hydrogens is 286 g/mol. The van der Waals surface area contributed by atoms with Crippen molar-refractivity contribution in [3.05, 3.63) is 16.7 Å². The summed E-state index contributed by atoms with van der Waals surface area (Å²) in [5.74, 6) is 1.40. The minimum atomic E-state index is -0.742. The summed E-state index contributed by atoms with van der Waals surface area (Å²) in [5, 5.41) is 12.6. The SMILES string of the molecule is COc1c2c(c(C3CC(C(=O)O)CN3)c3c1OCC3)OCC2. The van der Waals surface area contributed by atoms with Crippen molar-refractivity contribution in [3.8, 4) is 17.2 Å². The van der Waals surface area contributed by atoms with E-state index < -0.39 is 5.97 Å². The van der Waals surface area contributed by atoms with Crippen LogP contribution in [-0.2, 0) is 17.6 Å². The topological polar surface area (TPSA) is 77.0 Å². The first-order chi connectivity index (χ1) is 10.7. The van der Waals surface area contributed by atoms with Crippen molar-refractivity contribution >= 4 is 5.97 Å². The summed E-state index contributed by atoms with van der Waals surface area (Å²) in [5.41, 5.74) is 3.25. The van der Waals surface area contributed by atoms with Gasteiger partial charge in [0.25, 0.3) is 0 Å². The van der Waals surface area contributed by atoms with Crippen molar-refractivity contribution in [1.29, 1.82) is 0 Å².